The third-order valence-electron chi connectivity index (χ3n) is 5.12. The first-order chi connectivity index (χ1) is 12.9. The molecule has 150 valence electrons. The molecule has 0 saturated carbocycles. The van der Waals surface area contributed by atoms with Crippen LogP contribution in [0.15, 0.2) is 23.1 Å². The first-order valence-corrected chi connectivity index (χ1v) is 10.8. The van der Waals surface area contributed by atoms with E-state index in [0.29, 0.717) is 19.2 Å². The largest absolute Gasteiger partial charge is 0.342 e. The summed E-state index contributed by atoms with van der Waals surface area (Å²) in [5.41, 5.74) is 0. The lowest BCUT2D eigenvalue weighted by molar-refractivity contribution is -0.132. The minimum absolute atomic E-state index is 0.0837. The van der Waals surface area contributed by atoms with Gasteiger partial charge in [0.1, 0.15) is 11.6 Å². The van der Waals surface area contributed by atoms with Crippen molar-refractivity contribution in [3.63, 3.8) is 0 Å². The fraction of sp³-hybridized carbons (Fsp3) is 0.611. The van der Waals surface area contributed by atoms with E-state index in [9.17, 15) is 22.0 Å². The predicted octanol–water partition coefficient (Wildman–Crippen LogP) is 1.67. The third-order valence-corrected chi connectivity index (χ3v) is 7.00. The van der Waals surface area contributed by atoms with E-state index in [1.165, 1.54) is 4.31 Å². The lowest BCUT2D eigenvalue weighted by Crippen LogP contribution is -2.51. The van der Waals surface area contributed by atoms with Gasteiger partial charge in [-0.15, -0.1) is 0 Å². The maximum atomic E-state index is 13.4. The van der Waals surface area contributed by atoms with Gasteiger partial charge in [0.25, 0.3) is 0 Å². The van der Waals surface area contributed by atoms with Gasteiger partial charge in [0.05, 0.1) is 11.4 Å². The van der Waals surface area contributed by atoms with Crippen LogP contribution < -0.4 is 0 Å². The molecule has 2 heterocycles. The van der Waals surface area contributed by atoms with Gasteiger partial charge < -0.3 is 4.90 Å². The number of hydrogen-bond acceptors (Lipinski definition) is 4. The van der Waals surface area contributed by atoms with Crippen LogP contribution in [-0.4, -0.2) is 74.2 Å². The second-order valence-electron chi connectivity index (χ2n) is 7.08. The Morgan fingerprint density at radius 3 is 1.96 bits per heavy atom. The molecule has 0 aliphatic carbocycles. The molecule has 1 aromatic carbocycles. The fourth-order valence-electron chi connectivity index (χ4n) is 3.57. The third kappa shape index (κ3) is 5.03. The van der Waals surface area contributed by atoms with E-state index in [-0.39, 0.29) is 30.4 Å². The summed E-state index contributed by atoms with van der Waals surface area (Å²) in [5.74, 6) is -1.76. The zero-order chi connectivity index (χ0) is 19.4. The number of carbonyl (C=O) groups excluding carboxylic acids is 1. The van der Waals surface area contributed by atoms with Gasteiger partial charge in [-0.3, -0.25) is 9.69 Å². The average Bonchev–Trinajstić information content (AvgIpc) is 2.91. The highest BCUT2D eigenvalue weighted by Gasteiger charge is 2.30. The van der Waals surface area contributed by atoms with Gasteiger partial charge in [-0.05, 0) is 25.0 Å². The number of likely N-dealkylation sites (tertiary alicyclic amines) is 1. The van der Waals surface area contributed by atoms with E-state index in [0.717, 1.165) is 50.9 Å². The van der Waals surface area contributed by atoms with Gasteiger partial charge in [0.2, 0.25) is 15.9 Å². The zero-order valence-electron chi connectivity index (χ0n) is 15.2. The van der Waals surface area contributed by atoms with Crippen LogP contribution >= 0.6 is 0 Å². The maximum absolute atomic E-state index is 13.4. The lowest BCUT2D eigenvalue weighted by Gasteiger charge is -2.34. The number of benzene rings is 1. The zero-order valence-corrected chi connectivity index (χ0v) is 16.1. The van der Waals surface area contributed by atoms with Crippen LogP contribution in [0, 0.1) is 11.6 Å². The van der Waals surface area contributed by atoms with Gasteiger partial charge in [-0.1, -0.05) is 12.8 Å². The van der Waals surface area contributed by atoms with Crippen molar-refractivity contribution in [1.29, 1.82) is 0 Å². The van der Waals surface area contributed by atoms with Crippen molar-refractivity contribution in [3.05, 3.63) is 29.8 Å². The summed E-state index contributed by atoms with van der Waals surface area (Å²) in [6, 6.07) is 2.30. The smallest absolute Gasteiger partial charge is 0.243 e. The molecule has 0 bridgehead atoms. The molecule has 3 rings (SSSR count). The van der Waals surface area contributed by atoms with Gasteiger partial charge in [0, 0.05) is 45.3 Å². The molecule has 0 atom stereocenters. The highest BCUT2D eigenvalue weighted by molar-refractivity contribution is 7.89. The quantitative estimate of drug-likeness (QED) is 0.770. The molecule has 2 aliphatic heterocycles. The summed E-state index contributed by atoms with van der Waals surface area (Å²) in [4.78, 5) is 15.9. The molecule has 2 saturated heterocycles. The first kappa shape index (κ1) is 20.2. The Morgan fingerprint density at radius 2 is 1.41 bits per heavy atom. The Bertz CT molecular complexity index is 752. The van der Waals surface area contributed by atoms with E-state index in [4.69, 9.17) is 0 Å². The minimum atomic E-state index is -3.95. The molecule has 0 N–H and O–H groups in total. The molecule has 2 aliphatic rings. The number of piperazine rings is 1. The Kier molecular flexibility index (Phi) is 6.44. The molecule has 1 amide bonds. The second kappa shape index (κ2) is 8.62. The summed E-state index contributed by atoms with van der Waals surface area (Å²) in [6.45, 7) is 3.06. The summed E-state index contributed by atoms with van der Waals surface area (Å²) in [6.07, 6.45) is 4.37. The number of hydrogen-bond donors (Lipinski definition) is 0. The predicted molar refractivity (Wildman–Crippen MR) is 96.6 cm³/mol. The molecule has 0 unspecified atom stereocenters. The molecule has 2 fully saturated rings. The molecular weight excluding hydrogens is 376 g/mol. The summed E-state index contributed by atoms with van der Waals surface area (Å²) in [5, 5.41) is 0. The molecule has 0 aromatic heterocycles. The van der Waals surface area contributed by atoms with E-state index in [1.54, 1.807) is 0 Å². The Labute approximate surface area is 158 Å². The number of carbonyl (C=O) groups is 1. The van der Waals surface area contributed by atoms with Crippen molar-refractivity contribution in [3.8, 4) is 0 Å². The van der Waals surface area contributed by atoms with Crippen LogP contribution in [0.4, 0.5) is 8.78 Å². The molecule has 0 radical (unpaired) electrons. The van der Waals surface area contributed by atoms with Crippen molar-refractivity contribution in [2.24, 2.45) is 0 Å². The van der Waals surface area contributed by atoms with Crippen molar-refractivity contribution in [2.45, 2.75) is 30.6 Å². The van der Waals surface area contributed by atoms with Crippen LogP contribution in [0.25, 0.3) is 0 Å². The molecule has 6 nitrogen and oxygen atoms in total. The van der Waals surface area contributed by atoms with Gasteiger partial charge in [0.15, 0.2) is 0 Å². The maximum Gasteiger partial charge on any atom is 0.243 e. The van der Waals surface area contributed by atoms with Crippen LogP contribution in [0.2, 0.25) is 0 Å². The minimum Gasteiger partial charge on any atom is -0.342 e. The molecule has 27 heavy (non-hydrogen) atoms. The SMILES string of the molecule is O=C(CN1CCN(S(=O)(=O)c2cc(F)cc(F)c2)CC1)N1CCCCCC1. The molecule has 1 aromatic rings. The Hall–Kier alpha value is -1.58. The van der Waals surface area contributed by atoms with E-state index < -0.39 is 21.7 Å². The number of halogens is 2. The van der Waals surface area contributed by atoms with Gasteiger partial charge in [-0.2, -0.15) is 4.31 Å². The fourth-order valence-corrected chi connectivity index (χ4v) is 5.03. The number of sulfonamides is 1. The monoisotopic (exact) mass is 401 g/mol. The summed E-state index contributed by atoms with van der Waals surface area (Å²) in [7, 11) is -3.95. The van der Waals surface area contributed by atoms with Crippen LogP contribution in [0.5, 0.6) is 0 Å². The summed E-state index contributed by atoms with van der Waals surface area (Å²) < 4.78 is 53.2. The number of amides is 1. The van der Waals surface area contributed by atoms with Gasteiger partial charge >= 0.3 is 0 Å². The highest BCUT2D eigenvalue weighted by atomic mass is 32.2. The van der Waals surface area contributed by atoms with Gasteiger partial charge in [-0.25, -0.2) is 17.2 Å². The first-order valence-electron chi connectivity index (χ1n) is 9.32. The summed E-state index contributed by atoms with van der Waals surface area (Å²) >= 11 is 0. The Balaban J connectivity index is 1.57. The van der Waals surface area contributed by atoms with Crippen molar-refractivity contribution < 1.29 is 22.0 Å². The standard InChI is InChI=1S/C18H25F2N3O3S/c19-15-11-16(20)13-17(12-15)27(25,26)23-9-7-21(8-10-23)14-18(24)22-5-3-1-2-4-6-22/h11-13H,1-10,14H2. The van der Waals surface area contributed by atoms with E-state index in [2.05, 4.69) is 0 Å². The number of nitrogens with zero attached hydrogens (tertiary/aromatic N) is 3. The van der Waals surface area contributed by atoms with Crippen molar-refractivity contribution in [2.75, 3.05) is 45.8 Å². The lowest BCUT2D eigenvalue weighted by atomic mass is 10.2. The topological polar surface area (TPSA) is 60.9 Å². The van der Waals surface area contributed by atoms with Crippen LogP contribution in [0.3, 0.4) is 0 Å². The molecule has 9 heteroatoms. The van der Waals surface area contributed by atoms with Crippen LogP contribution in [-0.2, 0) is 14.8 Å². The van der Waals surface area contributed by atoms with E-state index >= 15 is 0 Å². The average molecular weight is 401 g/mol. The Morgan fingerprint density at radius 1 is 0.852 bits per heavy atom. The highest BCUT2D eigenvalue weighted by Crippen LogP contribution is 2.20. The normalized spacial score (nSPS) is 20.4. The number of rotatable bonds is 4. The molecule has 0 spiro atoms. The van der Waals surface area contributed by atoms with Crippen molar-refractivity contribution in [1.82, 2.24) is 14.1 Å². The second-order valence-corrected chi connectivity index (χ2v) is 9.02. The van der Waals surface area contributed by atoms with Crippen molar-refractivity contribution >= 4 is 15.9 Å². The van der Waals surface area contributed by atoms with E-state index in [1.807, 2.05) is 9.80 Å². The van der Waals surface area contributed by atoms with Crippen LogP contribution in [0.1, 0.15) is 25.7 Å². The molecular formula is C18H25F2N3O3S.